The summed E-state index contributed by atoms with van der Waals surface area (Å²) >= 11 is 0. The predicted octanol–water partition coefficient (Wildman–Crippen LogP) is 1.55. The van der Waals surface area contributed by atoms with Crippen LogP contribution in [0.5, 0.6) is 0 Å². The number of rotatable bonds is 1. The Bertz CT molecular complexity index is 232. The van der Waals surface area contributed by atoms with Gasteiger partial charge in [-0.25, -0.2) is 4.39 Å². The Morgan fingerprint density at radius 2 is 2.31 bits per heavy atom. The number of methoxy groups -OCH3 is 1. The molecule has 1 aliphatic rings. The van der Waals surface area contributed by atoms with Crippen LogP contribution in [0, 0.1) is 24.2 Å². The number of carbonyl (C=O) groups is 1. The van der Waals surface area contributed by atoms with Gasteiger partial charge in [-0.15, -0.1) is 12.3 Å². The van der Waals surface area contributed by atoms with Gasteiger partial charge in [-0.1, -0.05) is 0 Å². The first-order chi connectivity index (χ1) is 6.19. The zero-order chi connectivity index (χ0) is 9.84. The summed E-state index contributed by atoms with van der Waals surface area (Å²) in [6.07, 6.45) is 5.59. The van der Waals surface area contributed by atoms with Crippen molar-refractivity contribution in [2.75, 3.05) is 7.11 Å². The molecule has 0 saturated heterocycles. The molecule has 1 fully saturated rings. The standard InChI is InChI=1S/C10H13FO2/c1-3-7-4-5-8(11)6-9(7)10(12)13-2/h1,7-9H,4-6H2,2H3/t7-,8+,9-/m1/s1. The van der Waals surface area contributed by atoms with Crippen LogP contribution in [0.15, 0.2) is 0 Å². The van der Waals surface area contributed by atoms with Gasteiger partial charge in [0.25, 0.3) is 0 Å². The van der Waals surface area contributed by atoms with Crippen LogP contribution >= 0.6 is 0 Å². The van der Waals surface area contributed by atoms with E-state index in [1.807, 2.05) is 0 Å². The van der Waals surface area contributed by atoms with Crippen molar-refractivity contribution in [2.24, 2.45) is 11.8 Å². The van der Waals surface area contributed by atoms with E-state index in [1.54, 1.807) is 0 Å². The lowest BCUT2D eigenvalue weighted by Gasteiger charge is -2.27. The first-order valence-corrected chi connectivity index (χ1v) is 4.37. The van der Waals surface area contributed by atoms with E-state index in [0.717, 1.165) is 0 Å². The van der Waals surface area contributed by atoms with Gasteiger partial charge in [0.2, 0.25) is 0 Å². The summed E-state index contributed by atoms with van der Waals surface area (Å²) < 4.78 is 17.5. The molecule has 0 aliphatic heterocycles. The predicted molar refractivity (Wildman–Crippen MR) is 46.6 cm³/mol. The van der Waals surface area contributed by atoms with E-state index in [2.05, 4.69) is 10.7 Å². The van der Waals surface area contributed by atoms with Crippen LogP contribution in [0.3, 0.4) is 0 Å². The molecule has 0 unspecified atom stereocenters. The van der Waals surface area contributed by atoms with Crippen molar-refractivity contribution in [3.05, 3.63) is 0 Å². The van der Waals surface area contributed by atoms with Gasteiger partial charge in [0.15, 0.2) is 0 Å². The van der Waals surface area contributed by atoms with Crippen LogP contribution in [0.25, 0.3) is 0 Å². The van der Waals surface area contributed by atoms with Gasteiger partial charge in [-0.2, -0.15) is 0 Å². The molecule has 2 nitrogen and oxygen atoms in total. The molecular formula is C10H13FO2. The van der Waals surface area contributed by atoms with Crippen molar-refractivity contribution >= 4 is 5.97 Å². The molecule has 0 bridgehead atoms. The molecular weight excluding hydrogens is 171 g/mol. The zero-order valence-corrected chi connectivity index (χ0v) is 7.63. The molecule has 3 atom stereocenters. The van der Waals surface area contributed by atoms with Crippen LogP contribution in [-0.4, -0.2) is 19.3 Å². The van der Waals surface area contributed by atoms with E-state index in [1.165, 1.54) is 7.11 Å². The maximum Gasteiger partial charge on any atom is 0.310 e. The van der Waals surface area contributed by atoms with Crippen LogP contribution in [0.1, 0.15) is 19.3 Å². The van der Waals surface area contributed by atoms with E-state index in [-0.39, 0.29) is 18.3 Å². The molecule has 3 heteroatoms. The number of terminal acetylenes is 1. The van der Waals surface area contributed by atoms with E-state index < -0.39 is 12.1 Å². The Labute approximate surface area is 77.5 Å². The SMILES string of the molecule is C#C[C@@H]1CC[C@H](F)C[C@H]1C(=O)OC. The smallest absolute Gasteiger partial charge is 0.310 e. The fraction of sp³-hybridized carbons (Fsp3) is 0.700. The summed E-state index contributed by atoms with van der Waals surface area (Å²) in [5.41, 5.74) is 0. The van der Waals surface area contributed by atoms with Crippen LogP contribution < -0.4 is 0 Å². The molecule has 1 rings (SSSR count). The van der Waals surface area contributed by atoms with Crippen LogP contribution in [0.4, 0.5) is 4.39 Å². The minimum absolute atomic E-state index is 0.153. The van der Waals surface area contributed by atoms with E-state index in [0.29, 0.717) is 12.8 Å². The summed E-state index contributed by atoms with van der Waals surface area (Å²) in [5, 5.41) is 0. The van der Waals surface area contributed by atoms with Crippen molar-refractivity contribution in [3.8, 4) is 12.3 Å². The third-order valence-corrected chi connectivity index (χ3v) is 2.50. The van der Waals surface area contributed by atoms with Crippen LogP contribution in [-0.2, 0) is 9.53 Å². The maximum absolute atomic E-state index is 13.0. The summed E-state index contributed by atoms with van der Waals surface area (Å²) in [5.74, 6) is 1.54. The monoisotopic (exact) mass is 184 g/mol. The quantitative estimate of drug-likeness (QED) is 0.456. The van der Waals surface area contributed by atoms with Gasteiger partial charge >= 0.3 is 5.97 Å². The lowest BCUT2D eigenvalue weighted by Crippen LogP contribution is -2.31. The Balaban J connectivity index is 2.66. The van der Waals surface area contributed by atoms with Gasteiger partial charge in [-0.3, -0.25) is 4.79 Å². The number of hydrogen-bond donors (Lipinski definition) is 0. The first kappa shape index (κ1) is 10.0. The Morgan fingerprint density at radius 1 is 1.62 bits per heavy atom. The second-order valence-electron chi connectivity index (χ2n) is 3.31. The third kappa shape index (κ3) is 2.21. The van der Waals surface area contributed by atoms with Crippen LogP contribution in [0.2, 0.25) is 0 Å². The molecule has 0 N–H and O–H groups in total. The van der Waals surface area contributed by atoms with Crippen molar-refractivity contribution in [1.82, 2.24) is 0 Å². The van der Waals surface area contributed by atoms with Crippen molar-refractivity contribution in [2.45, 2.75) is 25.4 Å². The number of hydrogen-bond acceptors (Lipinski definition) is 2. The largest absolute Gasteiger partial charge is 0.469 e. The summed E-state index contributed by atoms with van der Waals surface area (Å²) in [6, 6.07) is 0. The molecule has 1 saturated carbocycles. The first-order valence-electron chi connectivity index (χ1n) is 4.37. The molecule has 0 aromatic heterocycles. The third-order valence-electron chi connectivity index (χ3n) is 2.50. The summed E-state index contributed by atoms with van der Waals surface area (Å²) in [4.78, 5) is 11.2. The second kappa shape index (κ2) is 4.27. The highest BCUT2D eigenvalue weighted by atomic mass is 19.1. The molecule has 0 radical (unpaired) electrons. The molecule has 0 aromatic rings. The number of carbonyl (C=O) groups excluding carboxylic acids is 1. The van der Waals surface area contributed by atoms with Gasteiger partial charge in [0.05, 0.1) is 13.0 Å². The topological polar surface area (TPSA) is 26.3 Å². The highest BCUT2D eigenvalue weighted by Gasteiger charge is 2.34. The lowest BCUT2D eigenvalue weighted by molar-refractivity contribution is -0.148. The Morgan fingerprint density at radius 3 is 2.85 bits per heavy atom. The average Bonchev–Trinajstić information content (AvgIpc) is 2.16. The maximum atomic E-state index is 13.0. The molecule has 1 aliphatic carbocycles. The van der Waals surface area contributed by atoms with Crippen molar-refractivity contribution in [1.29, 1.82) is 0 Å². The van der Waals surface area contributed by atoms with E-state index >= 15 is 0 Å². The lowest BCUT2D eigenvalue weighted by atomic mass is 9.79. The highest BCUT2D eigenvalue weighted by molar-refractivity contribution is 5.73. The number of alkyl halides is 1. The van der Waals surface area contributed by atoms with Gasteiger partial charge in [0.1, 0.15) is 6.17 Å². The van der Waals surface area contributed by atoms with Crippen molar-refractivity contribution in [3.63, 3.8) is 0 Å². The molecule has 72 valence electrons. The second-order valence-corrected chi connectivity index (χ2v) is 3.31. The molecule has 0 amide bonds. The van der Waals surface area contributed by atoms with Crippen molar-refractivity contribution < 1.29 is 13.9 Å². The van der Waals surface area contributed by atoms with Gasteiger partial charge in [0, 0.05) is 5.92 Å². The normalized spacial score (nSPS) is 33.5. The van der Waals surface area contributed by atoms with E-state index in [9.17, 15) is 9.18 Å². The van der Waals surface area contributed by atoms with E-state index in [4.69, 9.17) is 6.42 Å². The zero-order valence-electron chi connectivity index (χ0n) is 7.63. The fourth-order valence-electron chi connectivity index (χ4n) is 1.73. The summed E-state index contributed by atoms with van der Waals surface area (Å²) in [6.45, 7) is 0. The molecule has 0 heterocycles. The molecule has 0 spiro atoms. The Hall–Kier alpha value is -1.04. The fourth-order valence-corrected chi connectivity index (χ4v) is 1.73. The highest BCUT2D eigenvalue weighted by Crippen LogP contribution is 2.32. The van der Waals surface area contributed by atoms with Gasteiger partial charge < -0.3 is 4.74 Å². The van der Waals surface area contributed by atoms with Gasteiger partial charge in [-0.05, 0) is 19.3 Å². The Kier molecular flexibility index (Phi) is 3.30. The minimum Gasteiger partial charge on any atom is -0.469 e. The average molecular weight is 184 g/mol. The molecule has 0 aromatic carbocycles. The minimum atomic E-state index is -0.909. The number of esters is 1. The summed E-state index contributed by atoms with van der Waals surface area (Å²) in [7, 11) is 1.30. The number of halogens is 1. The number of ether oxygens (including phenoxy) is 1. The molecule has 13 heavy (non-hydrogen) atoms.